The van der Waals surface area contributed by atoms with Crippen LogP contribution in [0.1, 0.15) is 11.3 Å². The molecule has 20 heavy (non-hydrogen) atoms. The van der Waals surface area contributed by atoms with Gasteiger partial charge >= 0.3 is 0 Å². The number of aromatic nitrogens is 1. The topological polar surface area (TPSA) is 17.0 Å². The number of benzene rings is 2. The van der Waals surface area contributed by atoms with E-state index in [0.717, 1.165) is 29.7 Å². The molecule has 0 saturated heterocycles. The molecule has 4 rings (SSSR count). The highest BCUT2D eigenvalue weighted by Gasteiger charge is 2.22. The van der Waals surface area contributed by atoms with Crippen molar-refractivity contribution in [3.63, 3.8) is 0 Å². The van der Waals surface area contributed by atoms with Gasteiger partial charge in [0, 0.05) is 34.9 Å². The van der Waals surface area contributed by atoms with Crippen LogP contribution in [0.2, 0.25) is 5.02 Å². The van der Waals surface area contributed by atoms with Gasteiger partial charge in [-0.2, -0.15) is 0 Å². The molecule has 0 atom stereocenters. The van der Waals surface area contributed by atoms with E-state index in [1.165, 1.54) is 17.3 Å². The summed E-state index contributed by atoms with van der Waals surface area (Å²) < 4.78 is 15.7. The van der Waals surface area contributed by atoms with Crippen molar-refractivity contribution in [2.45, 2.75) is 13.1 Å². The molecule has 100 valence electrons. The van der Waals surface area contributed by atoms with E-state index < -0.39 is 0 Å². The first-order chi connectivity index (χ1) is 9.74. The van der Waals surface area contributed by atoms with Crippen molar-refractivity contribution in [2.24, 2.45) is 0 Å². The van der Waals surface area contributed by atoms with Crippen molar-refractivity contribution in [2.75, 3.05) is 0 Å². The summed E-state index contributed by atoms with van der Waals surface area (Å²) in [6, 6.07) is 12.7. The Balaban J connectivity index is 2.06. The van der Waals surface area contributed by atoms with E-state index >= 15 is 0 Å². The summed E-state index contributed by atoms with van der Waals surface area (Å²) >= 11 is 5.96. The SMILES string of the molecule is Fc1ccc2c(c1)c1c(n2-c2ccc(Cl)cc2)CNC1. The van der Waals surface area contributed by atoms with E-state index in [1.807, 2.05) is 30.3 Å². The van der Waals surface area contributed by atoms with E-state index in [2.05, 4.69) is 9.88 Å². The molecule has 2 nitrogen and oxygen atoms in total. The zero-order valence-electron chi connectivity index (χ0n) is 10.7. The van der Waals surface area contributed by atoms with Gasteiger partial charge in [-0.1, -0.05) is 11.6 Å². The van der Waals surface area contributed by atoms with Crippen molar-refractivity contribution >= 4 is 22.5 Å². The van der Waals surface area contributed by atoms with Crippen molar-refractivity contribution < 1.29 is 4.39 Å². The first-order valence-corrected chi connectivity index (χ1v) is 6.90. The summed E-state index contributed by atoms with van der Waals surface area (Å²) in [6.45, 7) is 1.59. The lowest BCUT2D eigenvalue weighted by atomic mass is 10.1. The average Bonchev–Trinajstić information content (AvgIpc) is 3.01. The molecule has 1 aliphatic rings. The smallest absolute Gasteiger partial charge is 0.123 e. The lowest BCUT2D eigenvalue weighted by molar-refractivity contribution is 0.629. The number of hydrogen-bond donors (Lipinski definition) is 1. The fourth-order valence-electron chi connectivity index (χ4n) is 2.95. The summed E-state index contributed by atoms with van der Waals surface area (Å²) in [5, 5.41) is 5.03. The highest BCUT2D eigenvalue weighted by atomic mass is 35.5. The standard InChI is InChI=1S/C16H12ClFN2/c17-10-1-4-12(5-2-10)20-15-6-3-11(18)7-13(15)14-8-19-9-16(14)20/h1-7,19H,8-9H2. The Labute approximate surface area is 120 Å². The highest BCUT2D eigenvalue weighted by Crippen LogP contribution is 2.33. The van der Waals surface area contributed by atoms with Crippen LogP contribution >= 0.6 is 11.6 Å². The predicted octanol–water partition coefficient (Wildman–Crippen LogP) is 4.03. The lowest BCUT2D eigenvalue weighted by Crippen LogP contribution is -2.06. The molecular formula is C16H12ClFN2. The van der Waals surface area contributed by atoms with Crippen LogP contribution in [0.3, 0.4) is 0 Å². The number of halogens is 2. The predicted molar refractivity (Wildman–Crippen MR) is 78.8 cm³/mol. The highest BCUT2D eigenvalue weighted by molar-refractivity contribution is 6.30. The van der Waals surface area contributed by atoms with Crippen LogP contribution in [0.4, 0.5) is 4.39 Å². The third-order valence-corrected chi connectivity index (χ3v) is 4.07. The largest absolute Gasteiger partial charge is 0.312 e. The van der Waals surface area contributed by atoms with Gasteiger partial charge in [0.2, 0.25) is 0 Å². The molecular weight excluding hydrogens is 275 g/mol. The second-order valence-electron chi connectivity index (χ2n) is 5.00. The number of nitrogens with zero attached hydrogens (tertiary/aromatic N) is 1. The maximum absolute atomic E-state index is 13.5. The number of hydrogen-bond acceptors (Lipinski definition) is 1. The third-order valence-electron chi connectivity index (χ3n) is 3.82. The second-order valence-corrected chi connectivity index (χ2v) is 5.44. The van der Waals surface area contributed by atoms with Gasteiger partial charge in [-0.15, -0.1) is 0 Å². The Morgan fingerprint density at radius 2 is 1.85 bits per heavy atom. The minimum absolute atomic E-state index is 0.194. The van der Waals surface area contributed by atoms with E-state index in [9.17, 15) is 4.39 Å². The van der Waals surface area contributed by atoms with Gasteiger partial charge < -0.3 is 9.88 Å². The van der Waals surface area contributed by atoms with Crippen LogP contribution < -0.4 is 5.32 Å². The number of nitrogens with one attached hydrogen (secondary N) is 1. The Bertz CT molecular complexity index is 805. The normalized spacial score (nSPS) is 13.9. The molecule has 1 N–H and O–H groups in total. The molecule has 1 aliphatic heterocycles. The molecule has 0 amide bonds. The molecule has 4 heteroatoms. The summed E-state index contributed by atoms with van der Waals surface area (Å²) in [4.78, 5) is 0. The van der Waals surface area contributed by atoms with E-state index in [-0.39, 0.29) is 5.82 Å². The molecule has 3 aromatic rings. The molecule has 0 aliphatic carbocycles. The Hall–Kier alpha value is -1.84. The lowest BCUT2D eigenvalue weighted by Gasteiger charge is -2.09. The first-order valence-electron chi connectivity index (χ1n) is 6.52. The van der Waals surface area contributed by atoms with Crippen LogP contribution in [-0.4, -0.2) is 4.57 Å². The number of rotatable bonds is 1. The quantitative estimate of drug-likeness (QED) is 0.715. The minimum Gasteiger partial charge on any atom is -0.312 e. The molecule has 2 heterocycles. The summed E-state index contributed by atoms with van der Waals surface area (Å²) in [5.74, 6) is -0.194. The van der Waals surface area contributed by atoms with Crippen molar-refractivity contribution in [1.82, 2.24) is 9.88 Å². The second kappa shape index (κ2) is 4.33. The van der Waals surface area contributed by atoms with E-state index in [1.54, 1.807) is 6.07 Å². The fraction of sp³-hybridized carbons (Fsp3) is 0.125. The van der Waals surface area contributed by atoms with Gasteiger partial charge in [-0.3, -0.25) is 0 Å². The van der Waals surface area contributed by atoms with Crippen LogP contribution in [0, 0.1) is 5.82 Å². The summed E-state index contributed by atoms with van der Waals surface area (Å²) in [5.41, 5.74) is 4.48. The number of fused-ring (bicyclic) bond motifs is 3. The molecule has 0 spiro atoms. The first kappa shape index (κ1) is 11.9. The van der Waals surface area contributed by atoms with Crippen molar-refractivity contribution in [1.29, 1.82) is 0 Å². The van der Waals surface area contributed by atoms with Crippen molar-refractivity contribution in [3.05, 3.63) is 64.6 Å². The van der Waals surface area contributed by atoms with Crippen LogP contribution in [0.5, 0.6) is 0 Å². The zero-order valence-corrected chi connectivity index (χ0v) is 11.4. The average molecular weight is 287 g/mol. The Morgan fingerprint density at radius 3 is 2.65 bits per heavy atom. The fourth-order valence-corrected chi connectivity index (χ4v) is 3.08. The van der Waals surface area contributed by atoms with Gasteiger partial charge in [0.05, 0.1) is 5.52 Å². The molecule has 2 aromatic carbocycles. The summed E-state index contributed by atoms with van der Waals surface area (Å²) in [7, 11) is 0. The molecule has 0 unspecified atom stereocenters. The maximum Gasteiger partial charge on any atom is 0.123 e. The third kappa shape index (κ3) is 1.67. The van der Waals surface area contributed by atoms with Gasteiger partial charge in [-0.05, 0) is 48.0 Å². The van der Waals surface area contributed by atoms with Gasteiger partial charge in [0.15, 0.2) is 0 Å². The Kier molecular flexibility index (Phi) is 2.59. The van der Waals surface area contributed by atoms with E-state index in [4.69, 9.17) is 11.6 Å². The maximum atomic E-state index is 13.5. The minimum atomic E-state index is -0.194. The van der Waals surface area contributed by atoms with Gasteiger partial charge in [0.25, 0.3) is 0 Å². The van der Waals surface area contributed by atoms with Gasteiger partial charge in [-0.25, -0.2) is 4.39 Å². The summed E-state index contributed by atoms with van der Waals surface area (Å²) in [6.07, 6.45) is 0. The van der Waals surface area contributed by atoms with E-state index in [0.29, 0.717) is 5.02 Å². The molecule has 0 bridgehead atoms. The van der Waals surface area contributed by atoms with Gasteiger partial charge in [0.1, 0.15) is 5.82 Å². The van der Waals surface area contributed by atoms with Crippen LogP contribution in [0.25, 0.3) is 16.6 Å². The zero-order chi connectivity index (χ0) is 13.7. The van der Waals surface area contributed by atoms with Crippen molar-refractivity contribution in [3.8, 4) is 5.69 Å². The molecule has 0 fully saturated rings. The monoisotopic (exact) mass is 286 g/mol. The van der Waals surface area contributed by atoms with Crippen LogP contribution in [-0.2, 0) is 13.1 Å². The molecule has 1 aromatic heterocycles. The Morgan fingerprint density at radius 1 is 1.05 bits per heavy atom. The van der Waals surface area contributed by atoms with Crippen LogP contribution in [0.15, 0.2) is 42.5 Å². The molecule has 0 radical (unpaired) electrons. The molecule has 0 saturated carbocycles.